The molecule has 0 saturated heterocycles. The fourth-order valence-electron chi connectivity index (χ4n) is 1.68. The summed E-state index contributed by atoms with van der Waals surface area (Å²) in [4.78, 5) is 14.9. The van der Waals surface area contributed by atoms with Gasteiger partial charge in [-0.3, -0.25) is 4.79 Å². The summed E-state index contributed by atoms with van der Waals surface area (Å²) in [7, 11) is 0. The number of aliphatic hydroxyl groups excluding tert-OH is 2. The molecule has 1 aromatic heterocycles. The van der Waals surface area contributed by atoms with E-state index in [1.54, 1.807) is 18.2 Å². The standard InChI is InChI=1S/C12H13ClN2O3S/c1-6(16)14-5-9(17)11(18)7-2-3-8-10(4-7)19-12(13)15-8/h2-4,9,11,17-18H,5H2,1H3,(H,14,16). The molecule has 0 fully saturated rings. The highest BCUT2D eigenvalue weighted by Gasteiger charge is 2.19. The monoisotopic (exact) mass is 300 g/mol. The van der Waals surface area contributed by atoms with Crippen LogP contribution in [0.3, 0.4) is 0 Å². The smallest absolute Gasteiger partial charge is 0.216 e. The zero-order valence-electron chi connectivity index (χ0n) is 10.1. The van der Waals surface area contributed by atoms with Crippen LogP contribution in [0.4, 0.5) is 0 Å². The normalized spacial score (nSPS) is 14.3. The second-order valence-electron chi connectivity index (χ2n) is 4.14. The van der Waals surface area contributed by atoms with Gasteiger partial charge in [-0.2, -0.15) is 0 Å². The first-order valence-corrected chi connectivity index (χ1v) is 6.83. The molecule has 7 heteroatoms. The van der Waals surface area contributed by atoms with Gasteiger partial charge in [0.2, 0.25) is 5.91 Å². The number of carbonyl (C=O) groups excluding carboxylic acids is 1. The number of rotatable bonds is 4. The Kier molecular flexibility index (Phi) is 4.36. The maximum absolute atomic E-state index is 10.8. The predicted octanol–water partition coefficient (Wildman–Crippen LogP) is 1.48. The van der Waals surface area contributed by atoms with Crippen LogP contribution in [0, 0.1) is 0 Å². The lowest BCUT2D eigenvalue weighted by Crippen LogP contribution is -2.34. The van der Waals surface area contributed by atoms with Gasteiger partial charge in [0.1, 0.15) is 12.2 Å². The number of halogens is 1. The number of fused-ring (bicyclic) bond motifs is 1. The number of benzene rings is 1. The first kappa shape index (κ1) is 14.2. The van der Waals surface area contributed by atoms with Crippen molar-refractivity contribution in [1.29, 1.82) is 0 Å². The van der Waals surface area contributed by atoms with Gasteiger partial charge in [0.15, 0.2) is 4.47 Å². The number of hydrogen-bond donors (Lipinski definition) is 3. The molecule has 2 aromatic rings. The third kappa shape index (κ3) is 3.42. The van der Waals surface area contributed by atoms with Crippen LogP contribution in [0.2, 0.25) is 4.47 Å². The lowest BCUT2D eigenvalue weighted by molar-refractivity contribution is -0.119. The molecule has 2 unspecified atom stereocenters. The highest BCUT2D eigenvalue weighted by Crippen LogP contribution is 2.29. The van der Waals surface area contributed by atoms with Crippen molar-refractivity contribution in [3.63, 3.8) is 0 Å². The van der Waals surface area contributed by atoms with E-state index < -0.39 is 12.2 Å². The van der Waals surface area contributed by atoms with Crippen LogP contribution in [-0.2, 0) is 4.79 Å². The second-order valence-corrected chi connectivity index (χ2v) is 5.76. The maximum Gasteiger partial charge on any atom is 0.216 e. The van der Waals surface area contributed by atoms with Crippen molar-refractivity contribution in [2.75, 3.05) is 6.54 Å². The van der Waals surface area contributed by atoms with Crippen LogP contribution >= 0.6 is 22.9 Å². The Hall–Kier alpha value is -1.21. The fraction of sp³-hybridized carbons (Fsp3) is 0.333. The van der Waals surface area contributed by atoms with E-state index >= 15 is 0 Å². The van der Waals surface area contributed by atoms with Crippen molar-refractivity contribution < 1.29 is 15.0 Å². The van der Waals surface area contributed by atoms with Crippen molar-refractivity contribution in [3.05, 3.63) is 28.2 Å². The average Bonchev–Trinajstić information content (AvgIpc) is 2.73. The molecule has 3 N–H and O–H groups in total. The molecule has 1 heterocycles. The number of amides is 1. The molecule has 2 rings (SSSR count). The van der Waals surface area contributed by atoms with Gasteiger partial charge in [0.25, 0.3) is 0 Å². The van der Waals surface area contributed by atoms with Crippen LogP contribution in [0.5, 0.6) is 0 Å². The molecule has 1 aromatic carbocycles. The molecule has 5 nitrogen and oxygen atoms in total. The molecular weight excluding hydrogens is 288 g/mol. The molecule has 1 amide bonds. The van der Waals surface area contributed by atoms with Gasteiger partial charge in [-0.25, -0.2) is 4.98 Å². The zero-order valence-corrected chi connectivity index (χ0v) is 11.7. The maximum atomic E-state index is 10.8. The molecule has 0 aliphatic carbocycles. The van der Waals surface area contributed by atoms with Crippen molar-refractivity contribution in [2.45, 2.75) is 19.1 Å². The molecule has 0 saturated carbocycles. The predicted molar refractivity (Wildman–Crippen MR) is 74.3 cm³/mol. The van der Waals surface area contributed by atoms with Gasteiger partial charge in [-0.1, -0.05) is 17.7 Å². The Morgan fingerprint density at radius 3 is 2.95 bits per heavy atom. The summed E-state index contributed by atoms with van der Waals surface area (Å²) in [5.41, 5.74) is 1.31. The number of nitrogens with zero attached hydrogens (tertiary/aromatic N) is 1. The number of aliphatic hydroxyl groups is 2. The topological polar surface area (TPSA) is 82.5 Å². The number of nitrogens with one attached hydrogen (secondary N) is 1. The summed E-state index contributed by atoms with van der Waals surface area (Å²) in [6, 6.07) is 5.15. The van der Waals surface area contributed by atoms with Gasteiger partial charge in [-0.15, -0.1) is 11.3 Å². The molecule has 0 radical (unpaired) electrons. The average molecular weight is 301 g/mol. The van der Waals surface area contributed by atoms with Crippen LogP contribution in [0.25, 0.3) is 10.2 Å². The summed E-state index contributed by atoms with van der Waals surface area (Å²) in [6.45, 7) is 1.35. The first-order chi connectivity index (χ1) is 8.97. The van der Waals surface area contributed by atoms with Crippen LogP contribution < -0.4 is 5.32 Å². The Labute approximate surface area is 118 Å². The van der Waals surface area contributed by atoms with E-state index in [0.717, 1.165) is 10.2 Å². The summed E-state index contributed by atoms with van der Waals surface area (Å²) < 4.78 is 1.27. The number of aromatic nitrogens is 1. The minimum atomic E-state index is -1.07. The van der Waals surface area contributed by atoms with Crippen LogP contribution in [0.1, 0.15) is 18.6 Å². The largest absolute Gasteiger partial charge is 0.388 e. The summed E-state index contributed by atoms with van der Waals surface area (Å²) in [5, 5.41) is 22.3. The molecule has 19 heavy (non-hydrogen) atoms. The van der Waals surface area contributed by atoms with Gasteiger partial charge in [0, 0.05) is 13.5 Å². The third-order valence-electron chi connectivity index (χ3n) is 2.65. The summed E-state index contributed by atoms with van der Waals surface area (Å²) in [5.74, 6) is -0.254. The van der Waals surface area contributed by atoms with E-state index in [9.17, 15) is 15.0 Å². The highest BCUT2D eigenvalue weighted by molar-refractivity contribution is 7.22. The zero-order chi connectivity index (χ0) is 14.0. The van der Waals surface area contributed by atoms with E-state index in [4.69, 9.17) is 11.6 Å². The van der Waals surface area contributed by atoms with E-state index in [1.165, 1.54) is 18.3 Å². The van der Waals surface area contributed by atoms with Crippen molar-refractivity contribution >= 4 is 39.1 Å². The van der Waals surface area contributed by atoms with Crippen molar-refractivity contribution in [1.82, 2.24) is 10.3 Å². The number of hydrogen-bond acceptors (Lipinski definition) is 5. The third-order valence-corrected chi connectivity index (χ3v) is 3.78. The van der Waals surface area contributed by atoms with E-state index in [2.05, 4.69) is 10.3 Å². The minimum absolute atomic E-state index is 0.00200. The summed E-state index contributed by atoms with van der Waals surface area (Å²) in [6.07, 6.45) is -2.14. The Balaban J connectivity index is 2.15. The van der Waals surface area contributed by atoms with E-state index in [-0.39, 0.29) is 12.5 Å². The fourth-order valence-corrected chi connectivity index (χ4v) is 2.76. The lowest BCUT2D eigenvalue weighted by atomic mass is 10.0. The summed E-state index contributed by atoms with van der Waals surface area (Å²) >= 11 is 7.12. The van der Waals surface area contributed by atoms with Crippen molar-refractivity contribution in [2.24, 2.45) is 0 Å². The Bertz CT molecular complexity index is 602. The molecule has 0 aliphatic heterocycles. The first-order valence-electron chi connectivity index (χ1n) is 5.64. The van der Waals surface area contributed by atoms with Gasteiger partial charge in [0.05, 0.1) is 10.2 Å². The SMILES string of the molecule is CC(=O)NCC(O)C(O)c1ccc2nc(Cl)sc2c1. The highest BCUT2D eigenvalue weighted by atomic mass is 35.5. The molecule has 102 valence electrons. The molecule has 0 bridgehead atoms. The van der Waals surface area contributed by atoms with Gasteiger partial charge < -0.3 is 15.5 Å². The van der Waals surface area contributed by atoms with Gasteiger partial charge >= 0.3 is 0 Å². The van der Waals surface area contributed by atoms with Crippen LogP contribution in [-0.4, -0.2) is 33.8 Å². The van der Waals surface area contributed by atoms with Gasteiger partial charge in [-0.05, 0) is 17.7 Å². The lowest BCUT2D eigenvalue weighted by Gasteiger charge is -2.18. The van der Waals surface area contributed by atoms with Crippen LogP contribution in [0.15, 0.2) is 18.2 Å². The van der Waals surface area contributed by atoms with E-state index in [0.29, 0.717) is 10.0 Å². The minimum Gasteiger partial charge on any atom is -0.388 e. The quantitative estimate of drug-likeness (QED) is 0.799. The molecule has 2 atom stereocenters. The second kappa shape index (κ2) is 5.83. The number of thiazole rings is 1. The molecular formula is C12H13ClN2O3S. The van der Waals surface area contributed by atoms with Crippen molar-refractivity contribution in [3.8, 4) is 0 Å². The number of carbonyl (C=O) groups is 1. The van der Waals surface area contributed by atoms with E-state index in [1.807, 2.05) is 0 Å². The molecule has 0 spiro atoms. The Morgan fingerprint density at radius 1 is 1.53 bits per heavy atom. The Morgan fingerprint density at radius 2 is 2.26 bits per heavy atom. The molecule has 0 aliphatic rings.